The summed E-state index contributed by atoms with van der Waals surface area (Å²) in [5, 5.41) is 3.50. The van der Waals surface area contributed by atoms with Crippen LogP contribution in [-0.4, -0.2) is 31.6 Å². The standard InChI is InChI=1S/C12H22N2O/c1-2-11-10(6-8-15-11)9-14-12-5-3-4-7-13-12/h10-11H,2-9H2,1H3,(H,13,14). The minimum Gasteiger partial charge on any atom is -0.378 e. The van der Waals surface area contributed by atoms with Crippen molar-refractivity contribution in [2.24, 2.45) is 10.9 Å². The van der Waals surface area contributed by atoms with Gasteiger partial charge in [-0.05, 0) is 25.7 Å². The number of aliphatic imine (C=N–C) groups is 1. The zero-order valence-corrected chi connectivity index (χ0v) is 9.67. The molecule has 86 valence electrons. The van der Waals surface area contributed by atoms with Crippen molar-refractivity contribution in [3.63, 3.8) is 0 Å². The highest BCUT2D eigenvalue weighted by Crippen LogP contribution is 2.22. The lowest BCUT2D eigenvalue weighted by Crippen LogP contribution is -2.33. The number of rotatable bonds is 3. The Labute approximate surface area is 92.3 Å². The second-order valence-corrected chi connectivity index (χ2v) is 4.53. The van der Waals surface area contributed by atoms with Crippen molar-refractivity contribution in [3.05, 3.63) is 0 Å². The largest absolute Gasteiger partial charge is 0.378 e. The number of amidine groups is 1. The molecule has 0 aliphatic carbocycles. The molecule has 1 fully saturated rings. The zero-order valence-electron chi connectivity index (χ0n) is 9.67. The number of hydrogen-bond donors (Lipinski definition) is 1. The number of hydrogen-bond acceptors (Lipinski definition) is 3. The van der Waals surface area contributed by atoms with E-state index in [0.29, 0.717) is 12.0 Å². The fourth-order valence-corrected chi connectivity index (χ4v) is 2.47. The van der Waals surface area contributed by atoms with Crippen LogP contribution in [-0.2, 0) is 4.74 Å². The van der Waals surface area contributed by atoms with Gasteiger partial charge in [-0.2, -0.15) is 0 Å². The fourth-order valence-electron chi connectivity index (χ4n) is 2.47. The van der Waals surface area contributed by atoms with Crippen LogP contribution in [0.5, 0.6) is 0 Å². The van der Waals surface area contributed by atoms with Gasteiger partial charge >= 0.3 is 0 Å². The molecule has 2 heterocycles. The van der Waals surface area contributed by atoms with Crippen molar-refractivity contribution >= 4 is 5.84 Å². The Morgan fingerprint density at radius 2 is 2.40 bits per heavy atom. The van der Waals surface area contributed by atoms with Gasteiger partial charge in [-0.15, -0.1) is 0 Å². The third kappa shape index (κ3) is 2.94. The van der Waals surface area contributed by atoms with Crippen LogP contribution in [0.2, 0.25) is 0 Å². The Bertz CT molecular complexity index is 228. The zero-order chi connectivity index (χ0) is 10.5. The maximum Gasteiger partial charge on any atom is 0.0963 e. The van der Waals surface area contributed by atoms with E-state index in [4.69, 9.17) is 4.74 Å². The molecule has 2 aliphatic heterocycles. The quantitative estimate of drug-likeness (QED) is 0.772. The molecule has 15 heavy (non-hydrogen) atoms. The Morgan fingerprint density at radius 3 is 3.13 bits per heavy atom. The topological polar surface area (TPSA) is 33.6 Å². The van der Waals surface area contributed by atoms with E-state index in [9.17, 15) is 0 Å². The first-order chi connectivity index (χ1) is 7.40. The maximum absolute atomic E-state index is 5.67. The molecule has 2 unspecified atom stereocenters. The molecule has 1 N–H and O–H groups in total. The van der Waals surface area contributed by atoms with Gasteiger partial charge in [0.1, 0.15) is 0 Å². The van der Waals surface area contributed by atoms with E-state index in [-0.39, 0.29) is 0 Å². The van der Waals surface area contributed by atoms with Crippen molar-refractivity contribution in [1.82, 2.24) is 5.32 Å². The van der Waals surface area contributed by atoms with Gasteiger partial charge in [-0.3, -0.25) is 4.99 Å². The highest BCUT2D eigenvalue weighted by molar-refractivity contribution is 5.82. The van der Waals surface area contributed by atoms with E-state index in [1.54, 1.807) is 0 Å². The monoisotopic (exact) mass is 210 g/mol. The van der Waals surface area contributed by atoms with Crippen molar-refractivity contribution in [1.29, 1.82) is 0 Å². The van der Waals surface area contributed by atoms with E-state index >= 15 is 0 Å². The van der Waals surface area contributed by atoms with Crippen LogP contribution in [0.25, 0.3) is 0 Å². The van der Waals surface area contributed by atoms with Gasteiger partial charge in [-0.25, -0.2) is 0 Å². The van der Waals surface area contributed by atoms with Gasteiger partial charge in [0.15, 0.2) is 0 Å². The Hall–Kier alpha value is -0.570. The van der Waals surface area contributed by atoms with Crippen molar-refractivity contribution < 1.29 is 4.74 Å². The van der Waals surface area contributed by atoms with Crippen LogP contribution in [0.4, 0.5) is 0 Å². The van der Waals surface area contributed by atoms with Crippen LogP contribution >= 0.6 is 0 Å². The van der Waals surface area contributed by atoms with Gasteiger partial charge in [-0.1, -0.05) is 6.92 Å². The lowest BCUT2D eigenvalue weighted by atomic mass is 9.99. The second kappa shape index (κ2) is 5.50. The molecule has 2 aliphatic rings. The number of nitrogens with zero attached hydrogens (tertiary/aromatic N) is 1. The molecule has 2 atom stereocenters. The average Bonchev–Trinajstić information content (AvgIpc) is 2.75. The van der Waals surface area contributed by atoms with Crippen LogP contribution < -0.4 is 5.32 Å². The molecule has 0 saturated carbocycles. The summed E-state index contributed by atoms with van der Waals surface area (Å²) in [5.74, 6) is 1.92. The van der Waals surface area contributed by atoms with Crippen LogP contribution in [0.1, 0.15) is 39.0 Å². The Morgan fingerprint density at radius 1 is 1.47 bits per heavy atom. The molecule has 0 amide bonds. The third-order valence-electron chi connectivity index (χ3n) is 3.44. The predicted molar refractivity (Wildman–Crippen MR) is 62.3 cm³/mol. The molecule has 3 heteroatoms. The van der Waals surface area contributed by atoms with Crippen molar-refractivity contribution in [2.75, 3.05) is 19.7 Å². The summed E-state index contributed by atoms with van der Waals surface area (Å²) >= 11 is 0. The first-order valence-electron chi connectivity index (χ1n) is 6.29. The van der Waals surface area contributed by atoms with E-state index in [2.05, 4.69) is 17.2 Å². The van der Waals surface area contributed by atoms with E-state index < -0.39 is 0 Å². The summed E-state index contributed by atoms with van der Waals surface area (Å²) in [5.41, 5.74) is 0. The molecule has 0 aromatic rings. The molecular formula is C12H22N2O. The minimum atomic E-state index is 0.474. The second-order valence-electron chi connectivity index (χ2n) is 4.53. The van der Waals surface area contributed by atoms with E-state index in [0.717, 1.165) is 32.5 Å². The SMILES string of the molecule is CCC1OCCC1CNC1=NCCCC1. The van der Waals surface area contributed by atoms with Crippen molar-refractivity contribution in [3.8, 4) is 0 Å². The van der Waals surface area contributed by atoms with Crippen LogP contribution in [0.15, 0.2) is 4.99 Å². The summed E-state index contributed by atoms with van der Waals surface area (Å²) in [6.45, 7) is 5.22. The predicted octanol–water partition coefficient (Wildman–Crippen LogP) is 1.97. The van der Waals surface area contributed by atoms with Crippen LogP contribution in [0, 0.1) is 5.92 Å². The number of ether oxygens (including phenoxy) is 1. The average molecular weight is 210 g/mol. The maximum atomic E-state index is 5.67. The molecule has 0 radical (unpaired) electrons. The van der Waals surface area contributed by atoms with Gasteiger partial charge in [0.05, 0.1) is 11.9 Å². The summed E-state index contributed by atoms with van der Waals surface area (Å²) in [4.78, 5) is 4.51. The Balaban J connectivity index is 1.74. The molecule has 0 spiro atoms. The summed E-state index contributed by atoms with van der Waals surface area (Å²) < 4.78 is 5.67. The molecular weight excluding hydrogens is 188 g/mol. The summed E-state index contributed by atoms with van der Waals surface area (Å²) in [6, 6.07) is 0. The van der Waals surface area contributed by atoms with E-state index in [1.165, 1.54) is 25.1 Å². The normalized spacial score (nSPS) is 31.4. The van der Waals surface area contributed by atoms with Gasteiger partial charge in [0.25, 0.3) is 0 Å². The van der Waals surface area contributed by atoms with Gasteiger partial charge in [0, 0.05) is 32.0 Å². The highest BCUT2D eigenvalue weighted by Gasteiger charge is 2.26. The van der Waals surface area contributed by atoms with Gasteiger partial charge in [0.2, 0.25) is 0 Å². The van der Waals surface area contributed by atoms with Crippen LogP contribution in [0.3, 0.4) is 0 Å². The first kappa shape index (κ1) is 10.9. The molecule has 0 aromatic carbocycles. The lowest BCUT2D eigenvalue weighted by Gasteiger charge is -2.20. The van der Waals surface area contributed by atoms with Gasteiger partial charge < -0.3 is 10.1 Å². The minimum absolute atomic E-state index is 0.474. The number of nitrogens with one attached hydrogen (secondary N) is 1. The lowest BCUT2D eigenvalue weighted by molar-refractivity contribution is 0.0882. The smallest absolute Gasteiger partial charge is 0.0963 e. The summed E-state index contributed by atoms with van der Waals surface area (Å²) in [7, 11) is 0. The highest BCUT2D eigenvalue weighted by atomic mass is 16.5. The molecule has 0 aromatic heterocycles. The molecule has 0 bridgehead atoms. The molecule has 2 rings (SSSR count). The Kier molecular flexibility index (Phi) is 4.01. The molecule has 1 saturated heterocycles. The first-order valence-corrected chi connectivity index (χ1v) is 6.29. The fraction of sp³-hybridized carbons (Fsp3) is 0.917. The molecule has 3 nitrogen and oxygen atoms in total. The summed E-state index contributed by atoms with van der Waals surface area (Å²) in [6.07, 6.45) is 6.52. The third-order valence-corrected chi connectivity index (χ3v) is 3.44. The van der Waals surface area contributed by atoms with Crippen molar-refractivity contribution in [2.45, 2.75) is 45.1 Å². The van der Waals surface area contributed by atoms with E-state index in [1.807, 2.05) is 0 Å².